The van der Waals surface area contributed by atoms with Crippen molar-refractivity contribution in [1.82, 2.24) is 5.43 Å². The summed E-state index contributed by atoms with van der Waals surface area (Å²) in [6.45, 7) is 1.87. The number of nitrogens with two attached hydrogens (primary N) is 1. The Morgan fingerprint density at radius 3 is 2.76 bits per heavy atom. The topological polar surface area (TPSA) is 64.4 Å². The largest absolute Gasteiger partial charge is 0.485 e. The number of benzene rings is 1. The summed E-state index contributed by atoms with van der Waals surface area (Å²) in [6.07, 6.45) is 0. The van der Waals surface area contributed by atoms with Gasteiger partial charge in [-0.05, 0) is 35.0 Å². The molecule has 0 saturated carbocycles. The number of carbonyl (C=O) groups excluding carboxylic acids is 1. The van der Waals surface area contributed by atoms with Gasteiger partial charge in [0.05, 0.1) is 9.35 Å². The zero-order valence-electron chi connectivity index (χ0n) is 10.9. The Morgan fingerprint density at radius 2 is 2.14 bits per heavy atom. The van der Waals surface area contributed by atoms with Crippen LogP contribution in [-0.4, -0.2) is 5.91 Å². The minimum absolute atomic E-state index is 0.0569. The van der Waals surface area contributed by atoms with E-state index < -0.39 is 17.5 Å². The highest BCUT2D eigenvalue weighted by molar-refractivity contribution is 9.10. The monoisotopic (exact) mass is 376 g/mol. The van der Waals surface area contributed by atoms with Crippen molar-refractivity contribution in [1.29, 1.82) is 0 Å². The number of carbonyl (C=O) groups is 1. The molecule has 3 N–H and O–H groups in total. The van der Waals surface area contributed by atoms with Crippen LogP contribution in [0.2, 0.25) is 0 Å². The fourth-order valence-corrected chi connectivity index (χ4v) is 3.12. The Hall–Kier alpha value is -1.51. The van der Waals surface area contributed by atoms with Crippen LogP contribution in [0.3, 0.4) is 0 Å². The highest BCUT2D eigenvalue weighted by Crippen LogP contribution is 2.31. The summed E-state index contributed by atoms with van der Waals surface area (Å²) in [5, 5.41) is 0. The SMILES string of the molecule is Cc1sc(C(=O)NN)cc1COc1c(F)cc(F)cc1Br. The van der Waals surface area contributed by atoms with E-state index in [2.05, 4.69) is 15.9 Å². The van der Waals surface area contributed by atoms with Crippen LogP contribution >= 0.6 is 27.3 Å². The maximum atomic E-state index is 13.6. The molecule has 1 amide bonds. The lowest BCUT2D eigenvalue weighted by atomic mass is 10.2. The van der Waals surface area contributed by atoms with Crippen molar-refractivity contribution in [3.8, 4) is 5.75 Å². The second-order valence-corrected chi connectivity index (χ2v) is 6.26. The number of nitrogens with one attached hydrogen (secondary N) is 1. The molecule has 4 nitrogen and oxygen atoms in total. The fraction of sp³-hybridized carbons (Fsp3) is 0.154. The summed E-state index contributed by atoms with van der Waals surface area (Å²) in [4.78, 5) is 12.7. The third-order valence-electron chi connectivity index (χ3n) is 2.71. The molecule has 0 fully saturated rings. The first-order valence-corrected chi connectivity index (χ1v) is 7.41. The molecule has 21 heavy (non-hydrogen) atoms. The van der Waals surface area contributed by atoms with Crippen molar-refractivity contribution >= 4 is 33.2 Å². The second kappa shape index (κ2) is 6.50. The average molecular weight is 377 g/mol. The molecule has 0 spiro atoms. The van der Waals surface area contributed by atoms with E-state index in [1.165, 1.54) is 11.3 Å². The lowest BCUT2D eigenvalue weighted by Gasteiger charge is -2.09. The molecule has 0 radical (unpaired) electrons. The normalized spacial score (nSPS) is 10.5. The Labute approximate surface area is 132 Å². The van der Waals surface area contributed by atoms with Gasteiger partial charge in [-0.2, -0.15) is 0 Å². The van der Waals surface area contributed by atoms with Crippen LogP contribution in [0.25, 0.3) is 0 Å². The second-order valence-electron chi connectivity index (χ2n) is 4.15. The van der Waals surface area contributed by atoms with Crippen LogP contribution in [0, 0.1) is 18.6 Å². The molecule has 1 aromatic heterocycles. The van der Waals surface area contributed by atoms with E-state index in [9.17, 15) is 13.6 Å². The molecular formula is C13H11BrF2N2O2S. The highest BCUT2D eigenvalue weighted by atomic mass is 79.9. The number of nitrogen functional groups attached to an aromatic ring is 1. The van der Waals surface area contributed by atoms with Crippen LogP contribution in [0.1, 0.15) is 20.1 Å². The predicted octanol–water partition coefficient (Wildman–Crippen LogP) is 3.28. The van der Waals surface area contributed by atoms with E-state index >= 15 is 0 Å². The number of halogens is 3. The molecule has 1 aromatic carbocycles. The van der Waals surface area contributed by atoms with Gasteiger partial charge in [0.25, 0.3) is 5.91 Å². The molecule has 0 aliphatic heterocycles. The molecule has 1 heterocycles. The number of thiophene rings is 1. The maximum Gasteiger partial charge on any atom is 0.275 e. The lowest BCUT2D eigenvalue weighted by molar-refractivity contribution is 0.0957. The van der Waals surface area contributed by atoms with Crippen molar-refractivity contribution in [2.45, 2.75) is 13.5 Å². The van der Waals surface area contributed by atoms with Gasteiger partial charge in [0.2, 0.25) is 0 Å². The van der Waals surface area contributed by atoms with Gasteiger partial charge in [-0.15, -0.1) is 11.3 Å². The van der Waals surface area contributed by atoms with Crippen molar-refractivity contribution in [2.75, 3.05) is 0 Å². The molecule has 2 rings (SSSR count). The molecule has 0 saturated heterocycles. The van der Waals surface area contributed by atoms with E-state index in [0.717, 1.165) is 22.6 Å². The predicted molar refractivity (Wildman–Crippen MR) is 79.1 cm³/mol. The van der Waals surface area contributed by atoms with E-state index in [1.807, 2.05) is 12.3 Å². The third kappa shape index (κ3) is 3.58. The van der Waals surface area contributed by atoms with Gasteiger partial charge < -0.3 is 4.74 Å². The Balaban J connectivity index is 2.17. The Bertz CT molecular complexity index is 668. The minimum Gasteiger partial charge on any atom is -0.485 e. The van der Waals surface area contributed by atoms with Crippen LogP contribution in [0.5, 0.6) is 5.75 Å². The number of rotatable bonds is 4. The quantitative estimate of drug-likeness (QED) is 0.488. The zero-order valence-corrected chi connectivity index (χ0v) is 13.3. The van der Waals surface area contributed by atoms with Gasteiger partial charge in [0.1, 0.15) is 12.4 Å². The number of hydrogen-bond donors (Lipinski definition) is 2. The molecule has 0 aliphatic carbocycles. The first kappa shape index (κ1) is 15.9. The van der Waals surface area contributed by atoms with Gasteiger partial charge in [0.15, 0.2) is 11.6 Å². The molecule has 0 aliphatic rings. The van der Waals surface area contributed by atoms with E-state index in [4.69, 9.17) is 10.6 Å². The number of ether oxygens (including phenoxy) is 1. The fourth-order valence-electron chi connectivity index (χ4n) is 1.66. The van der Waals surface area contributed by atoms with Crippen LogP contribution in [-0.2, 0) is 6.61 Å². The van der Waals surface area contributed by atoms with E-state index in [0.29, 0.717) is 4.88 Å². The van der Waals surface area contributed by atoms with Crippen molar-refractivity contribution in [3.05, 3.63) is 49.6 Å². The Morgan fingerprint density at radius 1 is 1.43 bits per heavy atom. The van der Waals surface area contributed by atoms with Gasteiger partial charge in [-0.1, -0.05) is 0 Å². The van der Waals surface area contributed by atoms with Crippen LogP contribution in [0.15, 0.2) is 22.7 Å². The zero-order chi connectivity index (χ0) is 15.6. The molecular weight excluding hydrogens is 366 g/mol. The summed E-state index contributed by atoms with van der Waals surface area (Å²) in [7, 11) is 0. The summed E-state index contributed by atoms with van der Waals surface area (Å²) in [6, 6.07) is 3.48. The van der Waals surface area contributed by atoms with E-state index in [-0.39, 0.29) is 16.8 Å². The molecule has 112 valence electrons. The third-order valence-corrected chi connectivity index (χ3v) is 4.39. The van der Waals surface area contributed by atoms with Gasteiger partial charge in [0, 0.05) is 16.5 Å². The maximum absolute atomic E-state index is 13.6. The summed E-state index contributed by atoms with van der Waals surface area (Å²) < 4.78 is 32.2. The first-order chi connectivity index (χ1) is 9.92. The summed E-state index contributed by atoms with van der Waals surface area (Å²) in [5.41, 5.74) is 2.77. The molecule has 0 atom stereocenters. The lowest BCUT2D eigenvalue weighted by Crippen LogP contribution is -2.29. The van der Waals surface area contributed by atoms with Crippen LogP contribution < -0.4 is 16.0 Å². The number of hydrogen-bond acceptors (Lipinski definition) is 4. The Kier molecular flexibility index (Phi) is 4.92. The van der Waals surface area contributed by atoms with Crippen molar-refractivity contribution in [3.63, 3.8) is 0 Å². The number of amides is 1. The molecule has 8 heteroatoms. The summed E-state index contributed by atoms with van der Waals surface area (Å²) in [5.74, 6) is 3.10. The van der Waals surface area contributed by atoms with Crippen molar-refractivity contribution < 1.29 is 18.3 Å². The molecule has 0 bridgehead atoms. The van der Waals surface area contributed by atoms with E-state index in [1.54, 1.807) is 6.07 Å². The van der Waals surface area contributed by atoms with Crippen LogP contribution in [0.4, 0.5) is 8.78 Å². The highest BCUT2D eigenvalue weighted by Gasteiger charge is 2.15. The molecule has 2 aromatic rings. The smallest absolute Gasteiger partial charge is 0.275 e. The van der Waals surface area contributed by atoms with Gasteiger partial charge in [-0.25, -0.2) is 14.6 Å². The van der Waals surface area contributed by atoms with Gasteiger partial charge in [-0.3, -0.25) is 10.2 Å². The minimum atomic E-state index is -0.797. The summed E-state index contributed by atoms with van der Waals surface area (Å²) >= 11 is 4.30. The average Bonchev–Trinajstić information content (AvgIpc) is 2.78. The standard InChI is InChI=1S/C13H11BrF2N2O2S/c1-6-7(2-11(21-6)13(19)18-17)5-20-12-9(14)3-8(15)4-10(12)16/h2-4H,5,17H2,1H3,(H,18,19). The number of hydrazine groups is 1. The van der Waals surface area contributed by atoms with Gasteiger partial charge >= 0.3 is 0 Å². The van der Waals surface area contributed by atoms with Crippen molar-refractivity contribution in [2.24, 2.45) is 5.84 Å². The molecule has 0 unspecified atom stereocenters. The first-order valence-electron chi connectivity index (χ1n) is 5.80. The number of aryl methyl sites for hydroxylation is 1.